The predicted octanol–water partition coefficient (Wildman–Crippen LogP) is 2.07. The van der Waals surface area contributed by atoms with Crippen LogP contribution in [0.4, 0.5) is 0 Å². The number of hydrogen-bond donors (Lipinski definition) is 1. The van der Waals surface area contributed by atoms with Gasteiger partial charge in [-0.3, -0.25) is 9.97 Å². The van der Waals surface area contributed by atoms with E-state index >= 15 is 0 Å². The number of imidazole rings is 1. The molecule has 0 amide bonds. The third kappa shape index (κ3) is 5.34. The van der Waals surface area contributed by atoms with E-state index in [-0.39, 0.29) is 37.7 Å². The van der Waals surface area contributed by atoms with Crippen molar-refractivity contribution in [1.29, 1.82) is 0 Å². The Kier molecular flexibility index (Phi) is 8.66. The molecule has 0 bridgehead atoms. The summed E-state index contributed by atoms with van der Waals surface area (Å²) in [6.45, 7) is 3.17. The Morgan fingerprint density at radius 1 is 1.19 bits per heavy atom. The number of H-pyrrole nitrogens is 1. The Hall–Kier alpha value is -0.830. The van der Waals surface area contributed by atoms with E-state index in [9.17, 15) is 4.55 Å². The first-order valence-electron chi connectivity index (χ1n) is 8.08. The van der Waals surface area contributed by atoms with Crippen LogP contribution in [0.1, 0.15) is 17.7 Å². The van der Waals surface area contributed by atoms with Gasteiger partial charge in [0.1, 0.15) is 5.75 Å². The van der Waals surface area contributed by atoms with E-state index in [1.807, 2.05) is 37.3 Å². The number of fused-ring (bicyclic) bond motifs is 1. The molecule has 0 fully saturated rings. The number of hydrogen-bond acceptors (Lipinski definition) is 5. The number of pyridine rings is 1. The van der Waals surface area contributed by atoms with Gasteiger partial charge >= 0.3 is 42.9 Å². The van der Waals surface area contributed by atoms with Crippen molar-refractivity contribution in [2.75, 3.05) is 20.3 Å². The van der Waals surface area contributed by atoms with E-state index in [4.69, 9.17) is 9.47 Å². The summed E-state index contributed by atoms with van der Waals surface area (Å²) in [5.74, 6) is 1.06. The minimum absolute atomic E-state index is 0. The van der Waals surface area contributed by atoms with Gasteiger partial charge in [0.2, 0.25) is 0 Å². The monoisotopic (exact) mass is 401 g/mol. The Labute approximate surface area is 185 Å². The third-order valence-electron chi connectivity index (χ3n) is 3.86. The van der Waals surface area contributed by atoms with Crippen molar-refractivity contribution < 1.29 is 14.0 Å². The summed E-state index contributed by atoms with van der Waals surface area (Å²) in [5.41, 5.74) is 3.35. The number of methoxy groups -OCH3 is 1. The number of benzene rings is 1. The molecule has 1 N–H and O–H groups in total. The van der Waals surface area contributed by atoms with Gasteiger partial charge in [-0.1, -0.05) is 12.1 Å². The number of aromatic amines is 1. The van der Waals surface area contributed by atoms with E-state index in [1.54, 1.807) is 13.3 Å². The standard InChI is InChI=1S/C18H21N3O3S.Ca.2H/c1-13-16(19-9-8-17(13)24-11-5-10-23-2)12-25(22)18-20-14-6-3-4-7-15(14)21-18;;;/h3-4,6-9H,5,10-12H2,1-2H3,(H,20,21);;;/t25-;;;/m0.../s1. The van der Waals surface area contributed by atoms with Crippen LogP contribution < -0.4 is 4.74 Å². The van der Waals surface area contributed by atoms with Gasteiger partial charge in [0.05, 0.1) is 23.3 Å². The van der Waals surface area contributed by atoms with Crippen LogP contribution in [0.5, 0.6) is 5.75 Å². The Balaban J connectivity index is 0.00000243. The van der Waals surface area contributed by atoms with Crippen LogP contribution in [0.25, 0.3) is 11.0 Å². The molecular weight excluding hydrogens is 378 g/mol. The quantitative estimate of drug-likeness (QED) is 0.355. The van der Waals surface area contributed by atoms with Gasteiger partial charge in [-0.05, 0) is 25.1 Å². The molecule has 1 atom stereocenters. The normalized spacial score (nSPS) is 12.0. The molecule has 6 nitrogen and oxygen atoms in total. The van der Waals surface area contributed by atoms with Crippen molar-refractivity contribution in [2.45, 2.75) is 24.3 Å². The average molecular weight is 402 g/mol. The van der Waals surface area contributed by atoms with Crippen molar-refractivity contribution in [3.8, 4) is 5.75 Å². The van der Waals surface area contributed by atoms with E-state index in [0.717, 1.165) is 34.5 Å². The SMILES string of the molecule is COCCCOc1ccnc(C[S@+]([O-])c2nc3ccccc3[nH]2)c1C.[CaH2]. The molecule has 0 saturated heterocycles. The molecule has 136 valence electrons. The van der Waals surface area contributed by atoms with E-state index in [1.165, 1.54) is 0 Å². The van der Waals surface area contributed by atoms with E-state index < -0.39 is 11.2 Å². The van der Waals surface area contributed by atoms with Gasteiger partial charge in [-0.25, -0.2) is 0 Å². The van der Waals surface area contributed by atoms with Crippen molar-refractivity contribution in [1.82, 2.24) is 15.0 Å². The summed E-state index contributed by atoms with van der Waals surface area (Å²) in [6.07, 6.45) is 2.50. The van der Waals surface area contributed by atoms with Gasteiger partial charge in [-0.15, -0.1) is 0 Å². The maximum atomic E-state index is 12.7. The number of rotatable bonds is 8. The second-order valence-electron chi connectivity index (χ2n) is 5.62. The molecule has 2 aromatic heterocycles. The van der Waals surface area contributed by atoms with Gasteiger partial charge in [0.25, 0.3) is 0 Å². The molecule has 0 spiro atoms. The zero-order chi connectivity index (χ0) is 17.6. The second-order valence-corrected chi connectivity index (χ2v) is 6.99. The van der Waals surface area contributed by atoms with Crippen molar-refractivity contribution >= 4 is 59.9 Å². The predicted molar refractivity (Wildman–Crippen MR) is 106 cm³/mol. The molecule has 0 unspecified atom stereocenters. The first-order chi connectivity index (χ1) is 12.2. The first-order valence-corrected chi connectivity index (χ1v) is 9.40. The fraction of sp³-hybridized carbons (Fsp3) is 0.333. The van der Waals surface area contributed by atoms with Crippen LogP contribution in [0, 0.1) is 6.92 Å². The first kappa shape index (κ1) is 21.5. The fourth-order valence-electron chi connectivity index (χ4n) is 2.48. The van der Waals surface area contributed by atoms with Crippen LogP contribution in [-0.4, -0.2) is 77.6 Å². The summed E-state index contributed by atoms with van der Waals surface area (Å²) in [5, 5.41) is 0.466. The molecule has 8 heteroatoms. The van der Waals surface area contributed by atoms with Gasteiger partial charge in [0.15, 0.2) is 5.75 Å². The van der Waals surface area contributed by atoms with E-state index in [2.05, 4.69) is 15.0 Å². The summed E-state index contributed by atoms with van der Waals surface area (Å²) in [6, 6.07) is 9.47. The van der Waals surface area contributed by atoms with Crippen molar-refractivity contribution in [3.05, 3.63) is 47.8 Å². The molecule has 0 radical (unpaired) electrons. The second kappa shape index (κ2) is 10.5. The van der Waals surface area contributed by atoms with Crippen LogP contribution in [0.2, 0.25) is 0 Å². The number of nitrogens with one attached hydrogen (secondary N) is 1. The van der Waals surface area contributed by atoms with Gasteiger partial charge in [0, 0.05) is 43.1 Å². The Morgan fingerprint density at radius 2 is 2.00 bits per heavy atom. The molecular formula is C18H23CaN3O3S. The third-order valence-corrected chi connectivity index (χ3v) is 5.02. The van der Waals surface area contributed by atoms with Gasteiger partial charge < -0.3 is 14.0 Å². The molecule has 2 heterocycles. The van der Waals surface area contributed by atoms with Gasteiger partial charge in [-0.2, -0.15) is 4.98 Å². The maximum absolute atomic E-state index is 12.7. The molecule has 3 rings (SSSR count). The fourth-order valence-corrected chi connectivity index (χ4v) is 3.58. The van der Waals surface area contributed by atoms with Crippen LogP contribution in [0.15, 0.2) is 41.7 Å². The number of para-hydroxylation sites is 2. The number of ether oxygens (including phenoxy) is 2. The zero-order valence-electron chi connectivity index (χ0n) is 14.3. The molecule has 0 aliphatic rings. The molecule has 0 saturated carbocycles. The zero-order valence-corrected chi connectivity index (χ0v) is 15.1. The van der Waals surface area contributed by atoms with Crippen LogP contribution in [-0.2, 0) is 21.7 Å². The molecule has 0 aliphatic carbocycles. The van der Waals surface area contributed by atoms with Crippen LogP contribution >= 0.6 is 0 Å². The number of nitrogens with zero attached hydrogens (tertiary/aromatic N) is 2. The number of aromatic nitrogens is 3. The van der Waals surface area contributed by atoms with Crippen molar-refractivity contribution in [2.24, 2.45) is 0 Å². The topological polar surface area (TPSA) is 83.1 Å². The molecule has 3 aromatic rings. The van der Waals surface area contributed by atoms with E-state index in [0.29, 0.717) is 24.1 Å². The molecule has 1 aromatic carbocycles. The average Bonchev–Trinajstić information content (AvgIpc) is 3.06. The summed E-state index contributed by atoms with van der Waals surface area (Å²) < 4.78 is 23.5. The molecule has 0 aliphatic heterocycles. The van der Waals surface area contributed by atoms with Crippen LogP contribution in [0.3, 0.4) is 0 Å². The minimum atomic E-state index is -1.30. The Bertz CT molecular complexity index is 810. The summed E-state index contributed by atoms with van der Waals surface area (Å²) in [7, 11) is 1.67. The summed E-state index contributed by atoms with van der Waals surface area (Å²) in [4.78, 5) is 11.9. The molecule has 26 heavy (non-hydrogen) atoms. The summed E-state index contributed by atoms with van der Waals surface area (Å²) >= 11 is -1.30. The van der Waals surface area contributed by atoms with Crippen molar-refractivity contribution in [3.63, 3.8) is 0 Å². The Morgan fingerprint density at radius 3 is 2.77 bits per heavy atom.